The van der Waals surface area contributed by atoms with E-state index in [9.17, 15) is 14.7 Å². The van der Waals surface area contributed by atoms with Gasteiger partial charge in [-0.1, -0.05) is 30.3 Å². The first-order chi connectivity index (χ1) is 11.4. The molecule has 7 nitrogen and oxygen atoms in total. The van der Waals surface area contributed by atoms with Crippen LogP contribution in [0.1, 0.15) is 26.3 Å². The second-order valence-corrected chi connectivity index (χ2v) is 5.64. The Morgan fingerprint density at radius 3 is 2.21 bits per heavy atom. The first-order valence-electron chi connectivity index (χ1n) is 7.72. The van der Waals surface area contributed by atoms with Crippen LogP contribution in [0.2, 0.25) is 0 Å². The fourth-order valence-electron chi connectivity index (χ4n) is 2.62. The molecule has 24 heavy (non-hydrogen) atoms. The van der Waals surface area contributed by atoms with Crippen molar-refractivity contribution in [2.24, 2.45) is 0 Å². The third-order valence-corrected chi connectivity index (χ3v) is 3.63. The van der Waals surface area contributed by atoms with Crippen LogP contribution in [0.15, 0.2) is 30.3 Å². The molecule has 0 amide bonds. The SMILES string of the molecule is CC(=O)O[C@@H]1[C@@H](OC(C)=O)[C@H](C)O[C@@H](O)[C@@H]1OCc1ccccc1. The number of aliphatic hydroxyl groups excluding tert-OH is 1. The van der Waals surface area contributed by atoms with Crippen molar-refractivity contribution in [3.63, 3.8) is 0 Å². The second kappa shape index (κ2) is 8.23. The van der Waals surface area contributed by atoms with Crippen LogP contribution in [0.5, 0.6) is 0 Å². The van der Waals surface area contributed by atoms with E-state index >= 15 is 0 Å². The van der Waals surface area contributed by atoms with Crippen LogP contribution in [-0.2, 0) is 35.1 Å². The van der Waals surface area contributed by atoms with E-state index in [1.807, 2.05) is 30.3 Å². The zero-order valence-corrected chi connectivity index (χ0v) is 13.9. The molecule has 1 aliphatic rings. The molecule has 2 rings (SSSR count). The Morgan fingerprint density at radius 1 is 1.04 bits per heavy atom. The summed E-state index contributed by atoms with van der Waals surface area (Å²) in [6.45, 7) is 4.31. The van der Waals surface area contributed by atoms with E-state index in [4.69, 9.17) is 18.9 Å². The van der Waals surface area contributed by atoms with Crippen LogP contribution in [0.25, 0.3) is 0 Å². The largest absolute Gasteiger partial charge is 0.456 e. The van der Waals surface area contributed by atoms with Gasteiger partial charge in [-0.05, 0) is 12.5 Å². The highest BCUT2D eigenvalue weighted by Gasteiger charge is 2.48. The first-order valence-corrected chi connectivity index (χ1v) is 7.72. The lowest BCUT2D eigenvalue weighted by Crippen LogP contribution is -2.60. The molecule has 0 bridgehead atoms. The summed E-state index contributed by atoms with van der Waals surface area (Å²) in [5.74, 6) is -1.10. The summed E-state index contributed by atoms with van der Waals surface area (Å²) in [4.78, 5) is 22.8. The van der Waals surface area contributed by atoms with Crippen molar-refractivity contribution in [3.8, 4) is 0 Å². The molecule has 0 aromatic heterocycles. The summed E-state index contributed by atoms with van der Waals surface area (Å²) < 4.78 is 21.6. The third kappa shape index (κ3) is 4.77. The predicted octanol–water partition coefficient (Wildman–Crippen LogP) is 1.17. The van der Waals surface area contributed by atoms with E-state index < -0.39 is 42.6 Å². The molecule has 132 valence electrons. The Labute approximate surface area is 140 Å². The number of benzene rings is 1. The highest BCUT2D eigenvalue weighted by atomic mass is 16.7. The third-order valence-electron chi connectivity index (χ3n) is 3.63. The molecule has 1 aromatic rings. The minimum Gasteiger partial charge on any atom is -0.456 e. The molecule has 0 aliphatic carbocycles. The Morgan fingerprint density at radius 2 is 1.62 bits per heavy atom. The van der Waals surface area contributed by atoms with Gasteiger partial charge in [-0.15, -0.1) is 0 Å². The van der Waals surface area contributed by atoms with Gasteiger partial charge in [-0.25, -0.2) is 0 Å². The summed E-state index contributed by atoms with van der Waals surface area (Å²) in [5.41, 5.74) is 0.883. The lowest BCUT2D eigenvalue weighted by atomic mass is 9.99. The van der Waals surface area contributed by atoms with E-state index in [0.29, 0.717) is 0 Å². The van der Waals surface area contributed by atoms with Gasteiger partial charge in [0.2, 0.25) is 0 Å². The first kappa shape index (κ1) is 18.4. The number of aliphatic hydroxyl groups is 1. The van der Waals surface area contributed by atoms with Crippen LogP contribution in [-0.4, -0.2) is 47.8 Å². The molecule has 1 heterocycles. The molecular weight excluding hydrogens is 316 g/mol. The van der Waals surface area contributed by atoms with Crippen molar-refractivity contribution < 1.29 is 33.6 Å². The lowest BCUT2D eigenvalue weighted by molar-refractivity contribution is -0.295. The van der Waals surface area contributed by atoms with Gasteiger partial charge in [0.15, 0.2) is 18.5 Å². The molecular formula is C17H22O7. The predicted molar refractivity (Wildman–Crippen MR) is 82.7 cm³/mol. The summed E-state index contributed by atoms with van der Waals surface area (Å²) in [7, 11) is 0. The van der Waals surface area contributed by atoms with E-state index in [0.717, 1.165) is 5.56 Å². The summed E-state index contributed by atoms with van der Waals surface area (Å²) >= 11 is 0. The van der Waals surface area contributed by atoms with Crippen molar-refractivity contribution >= 4 is 11.9 Å². The van der Waals surface area contributed by atoms with E-state index in [1.54, 1.807) is 6.92 Å². The molecule has 7 heteroatoms. The second-order valence-electron chi connectivity index (χ2n) is 5.64. The van der Waals surface area contributed by atoms with Gasteiger partial charge in [0.05, 0.1) is 12.7 Å². The van der Waals surface area contributed by atoms with Crippen molar-refractivity contribution in [2.45, 2.75) is 58.1 Å². The zero-order valence-electron chi connectivity index (χ0n) is 13.9. The fraction of sp³-hybridized carbons (Fsp3) is 0.529. The van der Waals surface area contributed by atoms with Gasteiger partial charge in [0.25, 0.3) is 0 Å². The van der Waals surface area contributed by atoms with Crippen molar-refractivity contribution in [1.82, 2.24) is 0 Å². The molecule has 5 atom stereocenters. The van der Waals surface area contributed by atoms with Crippen LogP contribution in [0.3, 0.4) is 0 Å². The zero-order chi connectivity index (χ0) is 17.7. The normalized spacial score (nSPS) is 29.8. The molecule has 1 N–H and O–H groups in total. The highest BCUT2D eigenvalue weighted by molar-refractivity contribution is 5.67. The van der Waals surface area contributed by atoms with Crippen molar-refractivity contribution in [3.05, 3.63) is 35.9 Å². The van der Waals surface area contributed by atoms with Crippen molar-refractivity contribution in [2.75, 3.05) is 0 Å². The molecule has 0 unspecified atom stereocenters. The molecule has 1 aromatic carbocycles. The summed E-state index contributed by atoms with van der Waals surface area (Å²) in [5, 5.41) is 10.2. The van der Waals surface area contributed by atoms with E-state index in [-0.39, 0.29) is 6.61 Å². The Bertz CT molecular complexity index is 559. The molecule has 1 saturated heterocycles. The maximum Gasteiger partial charge on any atom is 0.303 e. The number of carbonyl (C=O) groups is 2. The summed E-state index contributed by atoms with van der Waals surface area (Å²) in [6.07, 6.45) is -4.76. The highest BCUT2D eigenvalue weighted by Crippen LogP contribution is 2.28. The van der Waals surface area contributed by atoms with Crippen LogP contribution in [0, 0.1) is 0 Å². The van der Waals surface area contributed by atoms with E-state index in [1.165, 1.54) is 13.8 Å². The van der Waals surface area contributed by atoms with Gasteiger partial charge < -0.3 is 24.1 Å². The number of ether oxygens (including phenoxy) is 4. The Kier molecular flexibility index (Phi) is 6.30. The minimum absolute atomic E-state index is 0.185. The average Bonchev–Trinajstić information content (AvgIpc) is 2.51. The van der Waals surface area contributed by atoms with Gasteiger partial charge >= 0.3 is 11.9 Å². The molecule has 1 aliphatic heterocycles. The molecule has 0 spiro atoms. The van der Waals surface area contributed by atoms with Crippen molar-refractivity contribution in [1.29, 1.82) is 0 Å². The standard InChI is InChI=1S/C17H22O7/c1-10-14(23-11(2)18)15(24-12(3)19)16(17(20)22-10)21-9-13-7-5-4-6-8-13/h4-8,10,14-17,20H,9H2,1-3H3/t10-,14-,15+,16+,17+/m0/s1. The lowest BCUT2D eigenvalue weighted by Gasteiger charge is -2.42. The van der Waals surface area contributed by atoms with E-state index in [2.05, 4.69) is 0 Å². The van der Waals surface area contributed by atoms with Crippen LogP contribution < -0.4 is 0 Å². The monoisotopic (exact) mass is 338 g/mol. The summed E-state index contributed by atoms with van der Waals surface area (Å²) in [6, 6.07) is 9.33. The smallest absolute Gasteiger partial charge is 0.303 e. The van der Waals surface area contributed by atoms with Gasteiger partial charge in [-0.2, -0.15) is 0 Å². The van der Waals surface area contributed by atoms with Gasteiger partial charge in [0.1, 0.15) is 6.10 Å². The Hall–Kier alpha value is -1.96. The fourth-order valence-corrected chi connectivity index (χ4v) is 2.62. The maximum absolute atomic E-state index is 11.4. The van der Waals surface area contributed by atoms with Gasteiger partial charge in [-0.3, -0.25) is 9.59 Å². The number of hydrogen-bond donors (Lipinski definition) is 1. The van der Waals surface area contributed by atoms with Gasteiger partial charge in [0, 0.05) is 13.8 Å². The quantitative estimate of drug-likeness (QED) is 0.806. The average molecular weight is 338 g/mol. The number of esters is 2. The topological polar surface area (TPSA) is 91.3 Å². The number of hydrogen-bond acceptors (Lipinski definition) is 7. The number of rotatable bonds is 5. The Balaban J connectivity index is 2.16. The minimum atomic E-state index is -1.31. The van der Waals surface area contributed by atoms with Crippen LogP contribution >= 0.6 is 0 Å². The molecule has 1 fully saturated rings. The number of carbonyl (C=O) groups excluding carboxylic acids is 2. The van der Waals surface area contributed by atoms with Crippen LogP contribution in [0.4, 0.5) is 0 Å². The molecule has 0 saturated carbocycles. The maximum atomic E-state index is 11.4. The molecule has 0 radical (unpaired) electrons.